The molecule has 5 aromatic carbocycles. The zero-order valence-corrected chi connectivity index (χ0v) is 31.6. The monoisotopic (exact) mass is 780 g/mol. The van der Waals surface area contributed by atoms with Gasteiger partial charge in [-0.3, -0.25) is 0 Å². The van der Waals surface area contributed by atoms with Gasteiger partial charge in [-0.25, -0.2) is 0 Å². The molecule has 0 spiro atoms. The Labute approximate surface area is 290 Å². The quantitative estimate of drug-likeness (QED) is 0.105. The summed E-state index contributed by atoms with van der Waals surface area (Å²) in [5, 5.41) is 5.27. The van der Waals surface area contributed by atoms with E-state index in [9.17, 15) is 0 Å². The van der Waals surface area contributed by atoms with Crippen LogP contribution in [-0.4, -0.2) is 38.0 Å². The van der Waals surface area contributed by atoms with Crippen LogP contribution in [0.5, 0.6) is 23.0 Å². The summed E-state index contributed by atoms with van der Waals surface area (Å²) < 4.78 is 22.3. The van der Waals surface area contributed by atoms with Crippen molar-refractivity contribution in [2.45, 2.75) is 18.8 Å². The van der Waals surface area contributed by atoms with Crippen molar-refractivity contribution in [3.8, 4) is 45.3 Å². The van der Waals surface area contributed by atoms with Gasteiger partial charge < -0.3 is 40.7 Å². The van der Waals surface area contributed by atoms with Crippen LogP contribution < -0.4 is 24.1 Å². The SMILES string of the molecule is [CH2-]CCC1C([Si]c2cc3c(-c4cc(OC)cc(OC)c4)cccc3[cH-]2)=Cc2c(-c3cc(OC)cc(OC)c3)cccc21.[CH3-].[CH3-].[Hf+4]. The number of allylic oxidation sites excluding steroid dienone is 1. The van der Waals surface area contributed by atoms with Gasteiger partial charge in [0.15, 0.2) is 0 Å². The third kappa shape index (κ3) is 7.18. The van der Waals surface area contributed by atoms with E-state index < -0.39 is 0 Å². The maximum atomic E-state index is 5.58. The van der Waals surface area contributed by atoms with E-state index >= 15 is 0 Å². The summed E-state index contributed by atoms with van der Waals surface area (Å²) in [5.41, 5.74) is 7.20. The zero-order chi connectivity index (χ0) is 29.2. The van der Waals surface area contributed by atoms with Crippen molar-refractivity contribution in [2.75, 3.05) is 28.4 Å². The number of methoxy groups -OCH3 is 4. The van der Waals surface area contributed by atoms with Crippen LogP contribution in [0.15, 0.2) is 90.1 Å². The maximum Gasteiger partial charge on any atom is 4.00 e. The van der Waals surface area contributed by atoms with E-state index in [1.165, 1.54) is 43.4 Å². The molecule has 6 heteroatoms. The molecule has 1 aliphatic rings. The summed E-state index contributed by atoms with van der Waals surface area (Å²) in [6.45, 7) is 4.22. The first-order valence-corrected chi connectivity index (χ1v) is 15.1. The molecule has 1 unspecified atom stereocenters. The molecule has 0 N–H and O–H groups in total. The fraction of sp³-hybridized carbons (Fsp3) is 0.179. The topological polar surface area (TPSA) is 36.9 Å². The maximum absolute atomic E-state index is 5.58. The van der Waals surface area contributed by atoms with Gasteiger partial charge in [-0.1, -0.05) is 47.5 Å². The number of hydrogen-bond acceptors (Lipinski definition) is 4. The second-order valence-electron chi connectivity index (χ2n) is 10.5. The molecule has 0 aliphatic heterocycles. The molecule has 1 atom stereocenters. The van der Waals surface area contributed by atoms with Crippen molar-refractivity contribution in [3.05, 3.63) is 123 Å². The fourth-order valence-corrected chi connectivity index (χ4v) is 7.48. The normalized spacial score (nSPS) is 13.1. The van der Waals surface area contributed by atoms with E-state index in [0.29, 0.717) is 15.4 Å². The smallest absolute Gasteiger partial charge is 0.497 e. The molecule has 0 saturated carbocycles. The van der Waals surface area contributed by atoms with E-state index in [4.69, 9.17) is 18.9 Å². The fourth-order valence-electron chi connectivity index (χ4n) is 6.01. The molecule has 0 fully saturated rings. The van der Waals surface area contributed by atoms with E-state index in [1.807, 2.05) is 12.1 Å². The van der Waals surface area contributed by atoms with Crippen LogP contribution in [0.3, 0.4) is 0 Å². The summed E-state index contributed by atoms with van der Waals surface area (Å²) in [5.74, 6) is 3.48. The minimum atomic E-state index is 0. The molecule has 5 aromatic rings. The molecule has 0 heterocycles. The van der Waals surface area contributed by atoms with Gasteiger partial charge in [0.1, 0.15) is 23.0 Å². The van der Waals surface area contributed by atoms with Gasteiger partial charge in [-0.15, -0.1) is 34.2 Å². The number of rotatable bonds is 10. The van der Waals surface area contributed by atoms with Crippen molar-refractivity contribution in [1.82, 2.24) is 0 Å². The summed E-state index contributed by atoms with van der Waals surface area (Å²) in [6.07, 6.45) is 4.32. The van der Waals surface area contributed by atoms with Gasteiger partial charge in [-0.2, -0.15) is 12.5 Å². The number of fused-ring (bicyclic) bond motifs is 2. The minimum Gasteiger partial charge on any atom is -0.497 e. The van der Waals surface area contributed by atoms with Crippen molar-refractivity contribution >= 4 is 31.6 Å². The van der Waals surface area contributed by atoms with Crippen molar-refractivity contribution < 1.29 is 44.8 Å². The Balaban J connectivity index is 0.00000184. The Hall–Kier alpha value is -3.48. The first-order valence-electron chi connectivity index (χ1n) is 14.1. The van der Waals surface area contributed by atoms with Crippen LogP contribution in [0, 0.1) is 21.8 Å². The summed E-state index contributed by atoms with van der Waals surface area (Å²) >= 11 is 0. The molecule has 0 aromatic heterocycles. The van der Waals surface area contributed by atoms with Gasteiger partial charge in [0.2, 0.25) is 0 Å². The van der Waals surface area contributed by atoms with Gasteiger partial charge in [-0.05, 0) is 58.0 Å². The molecule has 0 amide bonds. The molecule has 0 saturated heterocycles. The minimum absolute atomic E-state index is 0. The van der Waals surface area contributed by atoms with E-state index in [-0.39, 0.29) is 40.7 Å². The van der Waals surface area contributed by atoms with Crippen LogP contribution in [0.25, 0.3) is 39.1 Å². The number of benzene rings is 4. The van der Waals surface area contributed by atoms with E-state index in [0.717, 1.165) is 47.0 Å². The van der Waals surface area contributed by atoms with Crippen molar-refractivity contribution in [3.63, 3.8) is 0 Å². The third-order valence-electron chi connectivity index (χ3n) is 8.05. The van der Waals surface area contributed by atoms with Crippen molar-refractivity contribution in [2.24, 2.45) is 0 Å². The molecular weight excluding hydrogens is 739 g/mol. The summed E-state index contributed by atoms with van der Waals surface area (Å²) in [7, 11) is 7.32. The standard InChI is InChI=1S/C37H34O4Si.2CH3.Hf/c1-6-9-34-33-13-8-12-32(25-16-28(40-4)20-29(17-25)41-5)36(33)22-37(34)42-30-18-23-10-7-11-31(35(23)21-30)24-14-26(38-2)19-27(15-24)39-3;;;/h7-8,10-22,34H,1,6,9H2,2-5H3;2*1H3;/q-2;2*-1;+4. The van der Waals surface area contributed by atoms with E-state index in [2.05, 4.69) is 85.8 Å². The number of ether oxygens (including phenoxy) is 4. The Morgan fingerprint density at radius 2 is 1.24 bits per heavy atom. The Bertz CT molecular complexity index is 1740. The molecule has 228 valence electrons. The second-order valence-corrected chi connectivity index (χ2v) is 11.9. The van der Waals surface area contributed by atoms with Gasteiger partial charge >= 0.3 is 25.8 Å². The van der Waals surface area contributed by atoms with Gasteiger partial charge in [0, 0.05) is 12.1 Å². The molecule has 2 radical (unpaired) electrons. The molecule has 1 aliphatic carbocycles. The molecular formula is C39H40HfO4Si. The van der Waals surface area contributed by atoms with Crippen LogP contribution >= 0.6 is 0 Å². The first-order chi connectivity index (χ1) is 20.5. The largest absolute Gasteiger partial charge is 4.00 e. The molecule has 0 bridgehead atoms. The summed E-state index contributed by atoms with van der Waals surface area (Å²) in [4.78, 5) is 0. The molecule has 4 nitrogen and oxygen atoms in total. The molecule has 6 rings (SSSR count). The van der Waals surface area contributed by atoms with Crippen LogP contribution in [0.1, 0.15) is 29.9 Å². The second kappa shape index (κ2) is 15.7. The van der Waals surface area contributed by atoms with Crippen molar-refractivity contribution in [1.29, 1.82) is 0 Å². The first kappa shape index (κ1) is 36.0. The Kier molecular flexibility index (Phi) is 12.5. The predicted octanol–water partition coefficient (Wildman–Crippen LogP) is 8.91. The Morgan fingerprint density at radius 3 is 1.80 bits per heavy atom. The Morgan fingerprint density at radius 1 is 0.711 bits per heavy atom. The van der Waals surface area contributed by atoms with Crippen LogP contribution in [-0.2, 0) is 25.8 Å². The van der Waals surface area contributed by atoms with E-state index in [1.54, 1.807) is 28.4 Å². The van der Waals surface area contributed by atoms with Crippen LogP contribution in [0.2, 0.25) is 0 Å². The predicted molar refractivity (Wildman–Crippen MR) is 187 cm³/mol. The zero-order valence-electron chi connectivity index (χ0n) is 27.0. The summed E-state index contributed by atoms with van der Waals surface area (Å²) in [6, 6.07) is 30.0. The molecule has 45 heavy (non-hydrogen) atoms. The average molecular weight is 779 g/mol. The van der Waals surface area contributed by atoms with Crippen LogP contribution in [0.4, 0.5) is 0 Å². The van der Waals surface area contributed by atoms with Gasteiger partial charge in [0.25, 0.3) is 0 Å². The number of hydrogen-bond donors (Lipinski definition) is 0. The average Bonchev–Trinajstić information content (AvgIpc) is 3.61. The third-order valence-corrected chi connectivity index (χ3v) is 9.41. The van der Waals surface area contributed by atoms with Gasteiger partial charge in [0.05, 0.1) is 38.0 Å².